The third-order valence-electron chi connectivity index (χ3n) is 11.8. The van der Waals surface area contributed by atoms with E-state index < -0.39 is 24.6 Å². The molecule has 8 rings (SSSR count). The minimum absolute atomic E-state index is 0. The quantitative estimate of drug-likeness (QED) is 0.0328. The molecule has 1 atom stereocenters. The number of piperidine rings is 1. The van der Waals surface area contributed by atoms with Crippen molar-refractivity contribution in [1.82, 2.24) is 9.62 Å². The van der Waals surface area contributed by atoms with Crippen LogP contribution >= 0.6 is 34.9 Å². The monoisotopic (exact) mass is 978 g/mol. The molecule has 67 heavy (non-hydrogen) atoms. The van der Waals surface area contributed by atoms with Crippen LogP contribution in [0.5, 0.6) is 11.5 Å². The molecule has 0 spiro atoms. The number of aldehydes is 1. The maximum absolute atomic E-state index is 11.7. The van der Waals surface area contributed by atoms with Crippen molar-refractivity contribution >= 4 is 87.6 Å². The molecule has 4 aromatic carbocycles. The third-order valence-corrected chi connectivity index (χ3v) is 15.0. The molecule has 350 valence electrons. The Morgan fingerprint density at radius 2 is 1.81 bits per heavy atom. The predicted molar refractivity (Wildman–Crippen MR) is 262 cm³/mol. The normalized spacial score (nSPS) is 15.6. The number of hydrogen-bond acceptors (Lipinski definition) is 11. The summed E-state index contributed by atoms with van der Waals surface area (Å²) in [4.78, 5) is 61.9. The first-order chi connectivity index (χ1) is 31.8. The van der Waals surface area contributed by atoms with Crippen LogP contribution in [-0.4, -0.2) is 76.8 Å². The summed E-state index contributed by atoms with van der Waals surface area (Å²) in [6, 6.07) is 27.7. The van der Waals surface area contributed by atoms with Crippen molar-refractivity contribution in [2.45, 2.75) is 101 Å². The number of carbonyl (C=O) groups is 5. The summed E-state index contributed by atoms with van der Waals surface area (Å²) in [5, 5.41) is 27.1. The van der Waals surface area contributed by atoms with Crippen molar-refractivity contribution in [3.05, 3.63) is 106 Å². The molecule has 17 heteroatoms. The van der Waals surface area contributed by atoms with Crippen molar-refractivity contribution in [2.24, 2.45) is 0 Å². The summed E-state index contributed by atoms with van der Waals surface area (Å²) in [7, 11) is 1.61. The molecule has 1 unspecified atom stereocenters. The number of amides is 2. The number of benzene rings is 4. The van der Waals surface area contributed by atoms with Crippen molar-refractivity contribution < 1.29 is 73.3 Å². The maximum Gasteiger partial charge on any atom is 1.00 e. The van der Waals surface area contributed by atoms with E-state index in [2.05, 4.69) is 59.1 Å². The molecule has 2 fully saturated rings. The molecule has 2 amide bonds. The SMILES string of the molecule is CC1(C)CCCCN1SCc1cccc(NC=O)c1.CNC(=O)CCC(C=O)N1Oc2cccc3c(C4CCCCC4)ccc1c23.O=C(O)COc1c(C(=O)O)sc(-c2c[c-]ccc2)c1Cl.[Na+]. The summed E-state index contributed by atoms with van der Waals surface area (Å²) in [5.74, 6) is -0.264. The predicted octanol–water partition coefficient (Wildman–Crippen LogP) is 7.80. The van der Waals surface area contributed by atoms with Gasteiger partial charge in [-0.2, -0.15) is 35.4 Å². The van der Waals surface area contributed by atoms with Crippen LogP contribution in [0, 0.1) is 6.07 Å². The number of carboxylic acid groups (broad SMARTS) is 2. The number of carbonyl (C=O) groups excluding carboxylic acids is 3. The Morgan fingerprint density at radius 1 is 1.03 bits per heavy atom. The van der Waals surface area contributed by atoms with Gasteiger partial charge in [0.1, 0.15) is 12.3 Å². The van der Waals surface area contributed by atoms with Crippen LogP contribution in [0.15, 0.2) is 78.9 Å². The van der Waals surface area contributed by atoms with Gasteiger partial charge in [-0.3, -0.25) is 9.59 Å². The van der Waals surface area contributed by atoms with Gasteiger partial charge in [0.2, 0.25) is 12.3 Å². The molecule has 13 nitrogen and oxygen atoms in total. The number of ether oxygens (including phenoxy) is 1. The number of aromatic carboxylic acids is 1. The summed E-state index contributed by atoms with van der Waals surface area (Å²) < 4.78 is 7.49. The largest absolute Gasteiger partial charge is 1.00 e. The number of thiophene rings is 1. The Bertz CT molecular complexity index is 2480. The molecular weight excluding hydrogens is 923 g/mol. The molecule has 0 radical (unpaired) electrons. The fraction of sp³-hybridized carbons (Fsp3) is 0.380. The first-order valence-corrected chi connectivity index (χ1v) is 24.2. The molecule has 0 bridgehead atoms. The molecule has 1 aliphatic carbocycles. The van der Waals surface area contributed by atoms with E-state index in [1.807, 2.05) is 42.3 Å². The fourth-order valence-electron chi connectivity index (χ4n) is 8.42. The van der Waals surface area contributed by atoms with Crippen LogP contribution in [0.2, 0.25) is 5.02 Å². The van der Waals surface area contributed by atoms with E-state index in [9.17, 15) is 24.0 Å². The molecule has 3 heterocycles. The Kier molecular flexibility index (Phi) is 20.4. The molecule has 5 aromatic rings. The Balaban J connectivity index is 0.000000191. The van der Waals surface area contributed by atoms with Crippen molar-refractivity contribution in [3.63, 3.8) is 0 Å². The van der Waals surface area contributed by atoms with E-state index in [0.29, 0.717) is 34.7 Å². The van der Waals surface area contributed by atoms with Gasteiger partial charge in [-0.05, 0) is 92.6 Å². The van der Waals surface area contributed by atoms with E-state index in [0.717, 1.165) is 52.3 Å². The number of rotatable bonds is 16. The molecule has 4 N–H and O–H groups in total. The third kappa shape index (κ3) is 14.0. The van der Waals surface area contributed by atoms with Crippen molar-refractivity contribution in [1.29, 1.82) is 0 Å². The van der Waals surface area contributed by atoms with Gasteiger partial charge in [-0.15, -0.1) is 16.9 Å². The smallest absolute Gasteiger partial charge is 0.479 e. The zero-order valence-corrected chi connectivity index (χ0v) is 42.7. The Hall–Kier alpha value is -4.61. The topological polar surface area (TPSA) is 175 Å². The number of carboxylic acids is 2. The number of anilines is 2. The van der Waals surface area contributed by atoms with Crippen molar-refractivity contribution in [3.8, 4) is 21.9 Å². The van der Waals surface area contributed by atoms with E-state index in [1.165, 1.54) is 74.4 Å². The van der Waals surface area contributed by atoms with Crippen molar-refractivity contribution in [2.75, 3.05) is 30.6 Å². The van der Waals surface area contributed by atoms with E-state index >= 15 is 0 Å². The summed E-state index contributed by atoms with van der Waals surface area (Å²) >= 11 is 8.94. The number of nitrogens with zero attached hydrogens (tertiary/aromatic N) is 2. The first-order valence-electron chi connectivity index (χ1n) is 22.1. The number of aliphatic carboxylic acids is 1. The number of nitrogens with one attached hydrogen (secondary N) is 2. The second-order valence-corrected chi connectivity index (χ2v) is 19.2. The average molecular weight is 980 g/mol. The molecule has 2 aliphatic heterocycles. The second-order valence-electron chi connectivity index (χ2n) is 16.8. The Morgan fingerprint density at radius 3 is 2.48 bits per heavy atom. The maximum atomic E-state index is 11.7. The zero-order valence-electron chi connectivity index (χ0n) is 38.3. The van der Waals surface area contributed by atoms with E-state index in [1.54, 1.807) is 36.4 Å². The average Bonchev–Trinajstić information content (AvgIpc) is 3.87. The second kappa shape index (κ2) is 25.7. The molecule has 3 aliphatic rings. The van der Waals surface area contributed by atoms with Gasteiger partial charge in [0, 0.05) is 41.9 Å². The zero-order chi connectivity index (χ0) is 47.2. The van der Waals surface area contributed by atoms with Crippen LogP contribution in [-0.2, 0) is 24.9 Å². The van der Waals surface area contributed by atoms with Crippen LogP contribution in [0.1, 0.15) is 105 Å². The van der Waals surface area contributed by atoms with Gasteiger partial charge in [0.05, 0.1) is 16.1 Å². The fourth-order valence-corrected chi connectivity index (χ4v) is 11.0. The first kappa shape index (κ1) is 53.3. The number of halogens is 1. The van der Waals surface area contributed by atoms with Gasteiger partial charge < -0.3 is 35.2 Å². The minimum Gasteiger partial charge on any atom is -0.479 e. The number of hydrogen-bond donors (Lipinski definition) is 4. The molecule has 1 aromatic heterocycles. The van der Waals surface area contributed by atoms with Gasteiger partial charge in [0.15, 0.2) is 23.0 Å². The van der Waals surface area contributed by atoms with E-state index in [-0.39, 0.29) is 51.1 Å². The minimum atomic E-state index is -1.22. The molecule has 1 saturated carbocycles. The van der Waals surface area contributed by atoms with E-state index in [4.69, 9.17) is 31.4 Å². The summed E-state index contributed by atoms with van der Waals surface area (Å²) in [6.07, 6.45) is 12.6. The van der Waals surface area contributed by atoms with Gasteiger partial charge in [-0.1, -0.05) is 79.6 Å². The van der Waals surface area contributed by atoms with Crippen LogP contribution in [0.25, 0.3) is 21.2 Å². The van der Waals surface area contributed by atoms with Gasteiger partial charge >= 0.3 is 41.5 Å². The van der Waals surface area contributed by atoms with Crippen LogP contribution < -0.4 is 54.8 Å². The molecule has 1 saturated heterocycles. The van der Waals surface area contributed by atoms with Crippen LogP contribution in [0.4, 0.5) is 11.4 Å². The standard InChI is InChI=1S/C22H26N2O3.C15H22N2OS.C13H8ClO5S.Na/c1-23-21(26)13-10-16(14-25)24-19-12-11-17(15-6-3-2-4-7-15)18-8-5-9-20(27-24)22(18)19;1-15(2)8-3-4-9-17(15)19-11-13-6-5-7-14(10-13)16-12-18;14-9-10(19-6-8(15)16)12(13(17)18)20-11(9)7-4-2-1-3-5-7;/h5,8-9,11-12,14-16H,2-4,6-7,10,13H2,1H3,(H,23,26);5-7,10,12H,3-4,8-9,11H2,1-2H3,(H,16,18);1-2,4-5H,6H2,(H,15,16)(H,17,18);/q;;-1;+1. The van der Waals surface area contributed by atoms with Gasteiger partial charge in [0.25, 0.3) is 0 Å². The van der Waals surface area contributed by atoms with Gasteiger partial charge in [-0.25, -0.2) is 13.9 Å². The summed E-state index contributed by atoms with van der Waals surface area (Å²) in [5.41, 5.74) is 5.42. The van der Waals surface area contributed by atoms with Crippen LogP contribution in [0.3, 0.4) is 0 Å². The molecular formula is C50H56ClN4NaO9S2. The summed E-state index contributed by atoms with van der Waals surface area (Å²) in [6.45, 7) is 5.16. The Labute approximate surface area is 427 Å². The number of hydroxylamine groups is 1.